The minimum absolute atomic E-state index is 0.310. The third-order valence-corrected chi connectivity index (χ3v) is 5.47. The number of nitrogens with zero attached hydrogens (tertiary/aromatic N) is 1. The van der Waals surface area contributed by atoms with E-state index in [0.717, 1.165) is 18.4 Å². The molecule has 20 heavy (non-hydrogen) atoms. The maximum absolute atomic E-state index is 12.6. The normalized spacial score (nSPS) is 12.1. The van der Waals surface area contributed by atoms with Gasteiger partial charge in [0.1, 0.15) is 0 Å². The highest BCUT2D eigenvalue weighted by Gasteiger charge is 2.23. The van der Waals surface area contributed by atoms with E-state index in [0.29, 0.717) is 29.6 Å². The summed E-state index contributed by atoms with van der Waals surface area (Å²) in [5, 5.41) is 3.57. The van der Waals surface area contributed by atoms with Gasteiger partial charge in [0, 0.05) is 24.7 Å². The summed E-state index contributed by atoms with van der Waals surface area (Å²) in [6.07, 6.45) is 1.83. The van der Waals surface area contributed by atoms with Gasteiger partial charge in [0.25, 0.3) is 0 Å². The van der Waals surface area contributed by atoms with Gasteiger partial charge in [0.05, 0.1) is 4.90 Å². The quantitative estimate of drug-likeness (QED) is 0.802. The van der Waals surface area contributed by atoms with Gasteiger partial charge in [0.15, 0.2) is 0 Å². The fourth-order valence-electron chi connectivity index (χ4n) is 1.97. The van der Waals surface area contributed by atoms with Gasteiger partial charge in [0.2, 0.25) is 10.0 Å². The van der Waals surface area contributed by atoms with Crippen molar-refractivity contribution in [2.45, 2.75) is 38.1 Å². The number of hydrogen-bond donors (Lipinski definition) is 1. The largest absolute Gasteiger partial charge is 0.316 e. The van der Waals surface area contributed by atoms with E-state index in [4.69, 9.17) is 11.6 Å². The molecule has 0 unspecified atom stereocenters. The molecule has 0 amide bonds. The maximum Gasteiger partial charge on any atom is 0.243 e. The highest BCUT2D eigenvalue weighted by atomic mass is 35.5. The topological polar surface area (TPSA) is 49.4 Å². The van der Waals surface area contributed by atoms with E-state index in [1.807, 2.05) is 13.8 Å². The number of sulfonamides is 1. The second kappa shape index (κ2) is 7.98. The van der Waals surface area contributed by atoms with Crippen molar-refractivity contribution >= 4 is 21.6 Å². The van der Waals surface area contributed by atoms with Crippen LogP contribution in [-0.2, 0) is 16.6 Å². The van der Waals surface area contributed by atoms with E-state index < -0.39 is 10.0 Å². The summed E-state index contributed by atoms with van der Waals surface area (Å²) < 4.78 is 26.7. The molecule has 0 heterocycles. The minimum Gasteiger partial charge on any atom is -0.316 e. The van der Waals surface area contributed by atoms with Crippen LogP contribution in [-0.4, -0.2) is 32.9 Å². The maximum atomic E-state index is 12.6. The van der Waals surface area contributed by atoms with E-state index >= 15 is 0 Å². The highest BCUT2D eigenvalue weighted by molar-refractivity contribution is 7.89. The molecule has 1 rings (SSSR count). The average Bonchev–Trinajstić information content (AvgIpc) is 2.42. The van der Waals surface area contributed by atoms with Gasteiger partial charge in [-0.05, 0) is 37.2 Å². The molecule has 0 radical (unpaired) electrons. The number of benzene rings is 1. The first kappa shape index (κ1) is 17.4. The van der Waals surface area contributed by atoms with Crippen LogP contribution in [0.15, 0.2) is 23.1 Å². The molecule has 0 atom stereocenters. The second-order valence-corrected chi connectivity index (χ2v) is 6.98. The molecular formula is C14H23ClN2O2S. The SMILES string of the molecule is CCCCN(CC)S(=O)(=O)c1ccc(Cl)c(CNC)c1. The number of nitrogens with one attached hydrogen (secondary N) is 1. The first-order valence-corrected chi connectivity index (χ1v) is 8.72. The molecule has 0 saturated carbocycles. The Hall–Kier alpha value is -0.620. The summed E-state index contributed by atoms with van der Waals surface area (Å²) in [6.45, 7) is 5.49. The first-order chi connectivity index (χ1) is 9.47. The van der Waals surface area contributed by atoms with Crippen molar-refractivity contribution in [2.24, 2.45) is 0 Å². The first-order valence-electron chi connectivity index (χ1n) is 6.90. The predicted octanol–water partition coefficient (Wildman–Crippen LogP) is 2.87. The Morgan fingerprint density at radius 3 is 2.55 bits per heavy atom. The van der Waals surface area contributed by atoms with Crippen LogP contribution in [0.5, 0.6) is 0 Å². The Morgan fingerprint density at radius 1 is 1.30 bits per heavy atom. The fourth-order valence-corrected chi connectivity index (χ4v) is 3.69. The van der Waals surface area contributed by atoms with Crippen LogP contribution in [0.4, 0.5) is 0 Å². The molecule has 114 valence electrons. The molecular weight excluding hydrogens is 296 g/mol. The summed E-state index contributed by atoms with van der Waals surface area (Å²) in [5.41, 5.74) is 0.793. The summed E-state index contributed by atoms with van der Waals surface area (Å²) in [5.74, 6) is 0. The van der Waals surface area contributed by atoms with E-state index in [9.17, 15) is 8.42 Å². The van der Waals surface area contributed by atoms with Crippen molar-refractivity contribution in [3.8, 4) is 0 Å². The molecule has 0 spiro atoms. The molecule has 1 aromatic carbocycles. The Bertz CT molecular complexity index is 532. The van der Waals surface area contributed by atoms with Gasteiger partial charge >= 0.3 is 0 Å². The standard InChI is InChI=1S/C14H23ClN2O2S/c1-4-6-9-17(5-2)20(18,19)13-7-8-14(15)12(10-13)11-16-3/h7-8,10,16H,4-6,9,11H2,1-3H3. The van der Waals surface area contributed by atoms with E-state index in [-0.39, 0.29) is 0 Å². The predicted molar refractivity (Wildman–Crippen MR) is 83.6 cm³/mol. The van der Waals surface area contributed by atoms with Crippen molar-refractivity contribution < 1.29 is 8.42 Å². The van der Waals surface area contributed by atoms with Crippen LogP contribution in [0.3, 0.4) is 0 Å². The second-order valence-electron chi connectivity index (χ2n) is 4.63. The number of unbranched alkanes of at least 4 members (excludes halogenated alkanes) is 1. The lowest BCUT2D eigenvalue weighted by atomic mass is 10.2. The van der Waals surface area contributed by atoms with Gasteiger partial charge in [-0.25, -0.2) is 8.42 Å². The van der Waals surface area contributed by atoms with Crippen molar-refractivity contribution in [3.63, 3.8) is 0 Å². The Balaban J connectivity index is 3.10. The summed E-state index contributed by atoms with van der Waals surface area (Å²) in [4.78, 5) is 0.310. The zero-order valence-electron chi connectivity index (χ0n) is 12.3. The van der Waals surface area contributed by atoms with Crippen LogP contribution in [0, 0.1) is 0 Å². The molecule has 0 bridgehead atoms. The number of hydrogen-bond acceptors (Lipinski definition) is 3. The lowest BCUT2D eigenvalue weighted by molar-refractivity contribution is 0.419. The molecule has 6 heteroatoms. The summed E-state index contributed by atoms with van der Waals surface area (Å²) >= 11 is 6.07. The highest BCUT2D eigenvalue weighted by Crippen LogP contribution is 2.23. The number of halogens is 1. The average molecular weight is 319 g/mol. The number of rotatable bonds is 8. The zero-order valence-corrected chi connectivity index (χ0v) is 13.9. The van der Waals surface area contributed by atoms with Crippen molar-refractivity contribution in [3.05, 3.63) is 28.8 Å². The molecule has 0 fully saturated rings. The Morgan fingerprint density at radius 2 is 2.00 bits per heavy atom. The Labute approximate surface area is 127 Å². The molecule has 0 saturated heterocycles. The zero-order chi connectivity index (χ0) is 15.2. The van der Waals surface area contributed by atoms with Gasteiger partial charge in [-0.3, -0.25) is 0 Å². The van der Waals surface area contributed by atoms with Gasteiger partial charge in [-0.2, -0.15) is 4.31 Å². The Kier molecular flexibility index (Phi) is 6.95. The molecule has 4 nitrogen and oxygen atoms in total. The molecule has 1 aromatic rings. The van der Waals surface area contributed by atoms with Crippen molar-refractivity contribution in [2.75, 3.05) is 20.1 Å². The van der Waals surface area contributed by atoms with Crippen molar-refractivity contribution in [1.29, 1.82) is 0 Å². The summed E-state index contributed by atoms with van der Waals surface area (Å²) in [6, 6.07) is 4.88. The van der Waals surface area contributed by atoms with Gasteiger partial charge in [-0.15, -0.1) is 0 Å². The van der Waals surface area contributed by atoms with Crippen LogP contribution < -0.4 is 5.32 Å². The van der Waals surface area contributed by atoms with Gasteiger partial charge in [-0.1, -0.05) is 31.9 Å². The fraction of sp³-hybridized carbons (Fsp3) is 0.571. The van der Waals surface area contributed by atoms with E-state index in [1.165, 1.54) is 4.31 Å². The monoisotopic (exact) mass is 318 g/mol. The third-order valence-electron chi connectivity index (χ3n) is 3.14. The van der Waals surface area contributed by atoms with Crippen LogP contribution in [0.2, 0.25) is 5.02 Å². The van der Waals surface area contributed by atoms with E-state index in [1.54, 1.807) is 25.2 Å². The molecule has 1 N–H and O–H groups in total. The smallest absolute Gasteiger partial charge is 0.243 e. The summed E-state index contributed by atoms with van der Waals surface area (Å²) in [7, 11) is -1.63. The minimum atomic E-state index is -3.43. The van der Waals surface area contributed by atoms with E-state index in [2.05, 4.69) is 5.32 Å². The van der Waals surface area contributed by atoms with Gasteiger partial charge < -0.3 is 5.32 Å². The third kappa shape index (κ3) is 4.19. The lowest BCUT2D eigenvalue weighted by Crippen LogP contribution is -2.32. The van der Waals surface area contributed by atoms with Crippen LogP contribution >= 0.6 is 11.6 Å². The van der Waals surface area contributed by atoms with Crippen LogP contribution in [0.1, 0.15) is 32.3 Å². The van der Waals surface area contributed by atoms with Crippen molar-refractivity contribution in [1.82, 2.24) is 9.62 Å². The molecule has 0 aliphatic heterocycles. The molecule has 0 aliphatic carbocycles. The lowest BCUT2D eigenvalue weighted by Gasteiger charge is -2.20. The van der Waals surface area contributed by atoms with Crippen LogP contribution in [0.25, 0.3) is 0 Å². The molecule has 0 aromatic heterocycles. The molecule has 0 aliphatic rings.